The fourth-order valence-corrected chi connectivity index (χ4v) is 1.31. The van der Waals surface area contributed by atoms with Gasteiger partial charge in [0, 0.05) is 26.8 Å². The number of nitrogens with one attached hydrogen (secondary N) is 2. The van der Waals surface area contributed by atoms with Gasteiger partial charge < -0.3 is 21.1 Å². The van der Waals surface area contributed by atoms with E-state index in [9.17, 15) is 0 Å². The predicted molar refractivity (Wildman–Crippen MR) is 65.5 cm³/mol. The topological polar surface area (TPSA) is 85.1 Å². The van der Waals surface area contributed by atoms with Crippen LogP contribution in [0.15, 0.2) is 6.07 Å². The molecule has 0 aliphatic rings. The summed E-state index contributed by atoms with van der Waals surface area (Å²) in [6, 6.07) is 1.82. The van der Waals surface area contributed by atoms with Gasteiger partial charge in [0.25, 0.3) is 0 Å². The van der Waals surface area contributed by atoms with Crippen LogP contribution in [0.5, 0.6) is 0 Å². The van der Waals surface area contributed by atoms with Crippen LogP contribution in [0.3, 0.4) is 0 Å². The van der Waals surface area contributed by atoms with Crippen LogP contribution in [0.2, 0.25) is 0 Å². The predicted octanol–water partition coefficient (Wildman–Crippen LogP) is 0.795. The molecule has 1 atom stereocenters. The fraction of sp³-hybridized carbons (Fsp3) is 0.600. The molecule has 1 rings (SSSR count). The van der Waals surface area contributed by atoms with Crippen molar-refractivity contribution in [3.05, 3.63) is 6.07 Å². The summed E-state index contributed by atoms with van der Waals surface area (Å²) in [5.41, 5.74) is 5.57. The Morgan fingerprint density at radius 1 is 1.44 bits per heavy atom. The maximum absolute atomic E-state index is 5.57. The highest BCUT2D eigenvalue weighted by molar-refractivity contribution is 5.50. The lowest BCUT2D eigenvalue weighted by atomic mass is 10.2. The SMILES string of the molecule is CNc1cc(NCC(C)COC)nc(N)n1. The second-order valence-corrected chi connectivity index (χ2v) is 3.69. The quantitative estimate of drug-likeness (QED) is 0.664. The molecule has 1 aromatic rings. The number of anilines is 3. The summed E-state index contributed by atoms with van der Waals surface area (Å²) in [6.07, 6.45) is 0. The number of hydrogen-bond donors (Lipinski definition) is 3. The Labute approximate surface area is 95.6 Å². The maximum atomic E-state index is 5.57. The lowest BCUT2D eigenvalue weighted by molar-refractivity contribution is 0.164. The Balaban J connectivity index is 2.56. The molecule has 0 aromatic carbocycles. The molecule has 1 aromatic heterocycles. The Hall–Kier alpha value is -1.56. The van der Waals surface area contributed by atoms with Crippen molar-refractivity contribution in [3.8, 4) is 0 Å². The molecule has 6 heteroatoms. The molecule has 0 spiro atoms. The first-order valence-electron chi connectivity index (χ1n) is 5.20. The van der Waals surface area contributed by atoms with Crippen LogP contribution in [-0.4, -0.2) is 37.3 Å². The van der Waals surface area contributed by atoms with Gasteiger partial charge in [0.05, 0.1) is 6.61 Å². The molecule has 0 amide bonds. The highest BCUT2D eigenvalue weighted by atomic mass is 16.5. The Kier molecular flexibility index (Phi) is 4.78. The minimum absolute atomic E-state index is 0.258. The third-order valence-electron chi connectivity index (χ3n) is 2.08. The van der Waals surface area contributed by atoms with Gasteiger partial charge in [-0.1, -0.05) is 6.92 Å². The first-order valence-corrected chi connectivity index (χ1v) is 5.20. The average molecular weight is 225 g/mol. The van der Waals surface area contributed by atoms with Gasteiger partial charge in [-0.2, -0.15) is 9.97 Å². The van der Waals surface area contributed by atoms with E-state index >= 15 is 0 Å². The maximum Gasteiger partial charge on any atom is 0.223 e. The molecule has 4 N–H and O–H groups in total. The third-order valence-corrected chi connectivity index (χ3v) is 2.08. The summed E-state index contributed by atoms with van der Waals surface area (Å²) in [7, 11) is 3.48. The van der Waals surface area contributed by atoms with Crippen molar-refractivity contribution in [2.24, 2.45) is 5.92 Å². The Morgan fingerprint density at radius 2 is 2.12 bits per heavy atom. The standard InChI is InChI=1S/C10H19N5O/c1-7(6-16-3)5-13-9-4-8(12-2)14-10(11)15-9/h4,7H,5-6H2,1-3H3,(H4,11,12,13,14,15). The highest BCUT2D eigenvalue weighted by Crippen LogP contribution is 2.12. The smallest absolute Gasteiger partial charge is 0.223 e. The van der Waals surface area contributed by atoms with E-state index in [0.717, 1.165) is 12.4 Å². The number of methoxy groups -OCH3 is 1. The van der Waals surface area contributed by atoms with Crippen molar-refractivity contribution in [2.45, 2.75) is 6.92 Å². The van der Waals surface area contributed by atoms with Gasteiger partial charge in [-0.15, -0.1) is 0 Å². The van der Waals surface area contributed by atoms with Gasteiger partial charge in [0.1, 0.15) is 11.6 Å². The van der Waals surface area contributed by atoms with Crippen LogP contribution in [0.1, 0.15) is 6.92 Å². The molecule has 0 fully saturated rings. The molecular weight excluding hydrogens is 206 g/mol. The van der Waals surface area contributed by atoms with Crippen molar-refractivity contribution in [1.82, 2.24) is 9.97 Å². The molecule has 0 saturated heterocycles. The van der Waals surface area contributed by atoms with E-state index in [1.807, 2.05) is 6.07 Å². The van der Waals surface area contributed by atoms with Gasteiger partial charge >= 0.3 is 0 Å². The average Bonchev–Trinajstić information content (AvgIpc) is 2.26. The lowest BCUT2D eigenvalue weighted by Gasteiger charge is -2.12. The minimum Gasteiger partial charge on any atom is -0.384 e. The third kappa shape index (κ3) is 3.90. The molecule has 6 nitrogen and oxygen atoms in total. The van der Waals surface area contributed by atoms with Crippen LogP contribution in [0.25, 0.3) is 0 Å². The van der Waals surface area contributed by atoms with E-state index < -0.39 is 0 Å². The van der Waals surface area contributed by atoms with Crippen LogP contribution in [0, 0.1) is 5.92 Å². The summed E-state index contributed by atoms with van der Waals surface area (Å²) in [4.78, 5) is 8.10. The number of nitrogen functional groups attached to an aromatic ring is 1. The van der Waals surface area contributed by atoms with Crippen LogP contribution >= 0.6 is 0 Å². The second-order valence-electron chi connectivity index (χ2n) is 3.69. The number of rotatable bonds is 6. The second kappa shape index (κ2) is 6.12. The molecule has 16 heavy (non-hydrogen) atoms. The van der Waals surface area contributed by atoms with Crippen molar-refractivity contribution >= 4 is 17.6 Å². The van der Waals surface area contributed by atoms with Crippen molar-refractivity contribution in [2.75, 3.05) is 43.7 Å². The number of hydrogen-bond acceptors (Lipinski definition) is 6. The molecule has 90 valence electrons. The zero-order valence-corrected chi connectivity index (χ0v) is 9.95. The van der Waals surface area contributed by atoms with Crippen molar-refractivity contribution in [3.63, 3.8) is 0 Å². The first kappa shape index (κ1) is 12.5. The number of ether oxygens (including phenoxy) is 1. The van der Waals surface area contributed by atoms with Crippen LogP contribution in [0.4, 0.5) is 17.6 Å². The zero-order valence-electron chi connectivity index (χ0n) is 9.95. The molecule has 1 heterocycles. The van der Waals surface area contributed by atoms with E-state index in [2.05, 4.69) is 27.5 Å². The van der Waals surface area contributed by atoms with Crippen molar-refractivity contribution < 1.29 is 4.74 Å². The molecule has 0 aliphatic carbocycles. The Morgan fingerprint density at radius 3 is 2.75 bits per heavy atom. The van der Waals surface area contributed by atoms with Gasteiger partial charge in [-0.25, -0.2) is 0 Å². The lowest BCUT2D eigenvalue weighted by Crippen LogP contribution is -2.17. The monoisotopic (exact) mass is 225 g/mol. The minimum atomic E-state index is 0.258. The van der Waals surface area contributed by atoms with Crippen LogP contribution in [-0.2, 0) is 4.74 Å². The molecule has 1 unspecified atom stereocenters. The summed E-state index contributed by atoms with van der Waals surface area (Å²) in [5, 5.41) is 6.12. The zero-order chi connectivity index (χ0) is 12.0. The van der Waals surface area contributed by atoms with Crippen molar-refractivity contribution in [1.29, 1.82) is 0 Å². The summed E-state index contributed by atoms with van der Waals surface area (Å²) >= 11 is 0. The number of nitrogens with zero attached hydrogens (tertiary/aromatic N) is 2. The molecule has 0 saturated carbocycles. The van der Waals surface area contributed by atoms with E-state index in [4.69, 9.17) is 10.5 Å². The molecule has 0 radical (unpaired) electrons. The first-order chi connectivity index (χ1) is 7.65. The number of nitrogens with two attached hydrogens (primary N) is 1. The summed E-state index contributed by atoms with van der Waals surface area (Å²) < 4.78 is 5.05. The summed E-state index contributed by atoms with van der Waals surface area (Å²) in [5.74, 6) is 2.10. The Bertz CT molecular complexity index is 331. The van der Waals surface area contributed by atoms with Crippen LogP contribution < -0.4 is 16.4 Å². The van der Waals surface area contributed by atoms with E-state index in [-0.39, 0.29) is 5.95 Å². The largest absolute Gasteiger partial charge is 0.384 e. The number of aromatic nitrogens is 2. The molecular formula is C10H19N5O. The van der Waals surface area contributed by atoms with E-state index in [1.54, 1.807) is 14.2 Å². The van der Waals surface area contributed by atoms with Gasteiger partial charge in [-0.3, -0.25) is 0 Å². The van der Waals surface area contributed by atoms with Gasteiger partial charge in [0.15, 0.2) is 0 Å². The summed E-state index contributed by atoms with van der Waals surface area (Å²) in [6.45, 7) is 3.60. The van der Waals surface area contributed by atoms with E-state index in [0.29, 0.717) is 18.3 Å². The van der Waals surface area contributed by atoms with Gasteiger partial charge in [0.2, 0.25) is 5.95 Å². The molecule has 0 bridgehead atoms. The fourth-order valence-electron chi connectivity index (χ4n) is 1.31. The normalized spacial score (nSPS) is 12.2. The molecule has 0 aliphatic heterocycles. The highest BCUT2D eigenvalue weighted by Gasteiger charge is 2.04. The van der Waals surface area contributed by atoms with Gasteiger partial charge in [-0.05, 0) is 5.92 Å². The van der Waals surface area contributed by atoms with E-state index in [1.165, 1.54) is 0 Å².